The maximum atomic E-state index is 12.8. The van der Waals surface area contributed by atoms with E-state index in [2.05, 4.69) is 15.3 Å². The lowest BCUT2D eigenvalue weighted by molar-refractivity contribution is -0.121. The second kappa shape index (κ2) is 9.27. The first-order valence-electron chi connectivity index (χ1n) is 8.60. The minimum Gasteiger partial charge on any atom is -0.355 e. The first-order valence-corrected chi connectivity index (χ1v) is 10.4. The lowest BCUT2D eigenvalue weighted by Crippen LogP contribution is -2.28. The number of thiazole rings is 1. The van der Waals surface area contributed by atoms with Crippen molar-refractivity contribution < 1.29 is 13.6 Å². The Bertz CT molecular complexity index is 910. The van der Waals surface area contributed by atoms with Crippen molar-refractivity contribution in [3.05, 3.63) is 40.3 Å². The first kappa shape index (κ1) is 19.8. The molecule has 3 rings (SSSR count). The molecule has 0 fully saturated rings. The normalized spacial score (nSPS) is 11.4. The van der Waals surface area contributed by atoms with Crippen LogP contribution in [0.1, 0.15) is 23.5 Å². The lowest BCUT2D eigenvalue weighted by Gasteiger charge is -2.09. The van der Waals surface area contributed by atoms with Gasteiger partial charge in [-0.25, -0.2) is 9.97 Å². The van der Waals surface area contributed by atoms with Gasteiger partial charge in [0.05, 0.1) is 16.0 Å². The number of aromatic nitrogens is 3. The summed E-state index contributed by atoms with van der Waals surface area (Å²) in [6.07, 6.45) is 2.68. The minimum absolute atomic E-state index is 0.0265. The van der Waals surface area contributed by atoms with Gasteiger partial charge in [0, 0.05) is 17.6 Å². The maximum absolute atomic E-state index is 12.8. The van der Waals surface area contributed by atoms with Crippen molar-refractivity contribution in [2.24, 2.45) is 0 Å². The molecule has 0 saturated carbocycles. The number of carbonyl (C=O) groups is 1. The molecule has 0 aliphatic carbocycles. The van der Waals surface area contributed by atoms with Crippen LogP contribution in [0.2, 0.25) is 0 Å². The van der Waals surface area contributed by atoms with Gasteiger partial charge in [-0.05, 0) is 50.1 Å². The zero-order valence-corrected chi connectivity index (χ0v) is 16.5. The zero-order valence-electron chi connectivity index (χ0n) is 14.8. The number of aryl methyl sites for hydroxylation is 2. The molecule has 27 heavy (non-hydrogen) atoms. The summed E-state index contributed by atoms with van der Waals surface area (Å²) in [5.41, 5.74) is 2.32. The van der Waals surface area contributed by atoms with E-state index < -0.39 is 5.76 Å². The van der Waals surface area contributed by atoms with E-state index in [4.69, 9.17) is 0 Å². The van der Waals surface area contributed by atoms with Gasteiger partial charge >= 0.3 is 0 Å². The average Bonchev–Trinajstić information content (AvgIpc) is 3.18. The number of alkyl halides is 2. The van der Waals surface area contributed by atoms with Crippen molar-refractivity contribution in [1.82, 2.24) is 19.9 Å². The summed E-state index contributed by atoms with van der Waals surface area (Å²) in [6, 6.07) is 7.12. The van der Waals surface area contributed by atoms with Gasteiger partial charge < -0.3 is 9.88 Å². The van der Waals surface area contributed by atoms with E-state index in [0.717, 1.165) is 30.0 Å². The zero-order chi connectivity index (χ0) is 19.2. The largest absolute Gasteiger partial charge is 0.355 e. The summed E-state index contributed by atoms with van der Waals surface area (Å²) in [7, 11) is 0. The predicted molar refractivity (Wildman–Crippen MR) is 104 cm³/mol. The van der Waals surface area contributed by atoms with Crippen molar-refractivity contribution in [3.63, 3.8) is 0 Å². The van der Waals surface area contributed by atoms with E-state index in [9.17, 15) is 13.6 Å². The summed E-state index contributed by atoms with van der Waals surface area (Å²) in [5.74, 6) is -2.79. The third kappa shape index (κ3) is 5.49. The smallest absolute Gasteiger partial charge is 0.291 e. The van der Waals surface area contributed by atoms with Gasteiger partial charge in [-0.2, -0.15) is 8.78 Å². The SMILES string of the molecule is Cc1csc(CCCCNC(=O)Cn2c(SC(F)F)nc3ccccc32)n1. The summed E-state index contributed by atoms with van der Waals surface area (Å²) < 4.78 is 27.1. The van der Waals surface area contributed by atoms with E-state index in [-0.39, 0.29) is 17.6 Å². The van der Waals surface area contributed by atoms with Crippen LogP contribution < -0.4 is 5.32 Å². The van der Waals surface area contributed by atoms with Gasteiger partial charge in [0.1, 0.15) is 6.54 Å². The number of para-hydroxylation sites is 2. The summed E-state index contributed by atoms with van der Waals surface area (Å²) >= 11 is 2.01. The Labute approximate surface area is 164 Å². The Kier molecular flexibility index (Phi) is 6.78. The number of nitrogens with zero attached hydrogens (tertiary/aromatic N) is 3. The van der Waals surface area contributed by atoms with Crippen LogP contribution in [0, 0.1) is 6.92 Å². The Morgan fingerprint density at radius 2 is 2.11 bits per heavy atom. The molecule has 0 aliphatic heterocycles. The fourth-order valence-corrected chi connectivity index (χ4v) is 4.14. The van der Waals surface area contributed by atoms with Gasteiger partial charge in [0.25, 0.3) is 5.76 Å². The molecule has 2 aromatic heterocycles. The van der Waals surface area contributed by atoms with E-state index in [0.29, 0.717) is 29.3 Å². The van der Waals surface area contributed by atoms with Crippen LogP contribution in [0.15, 0.2) is 34.8 Å². The molecule has 0 radical (unpaired) electrons. The number of imidazole rings is 1. The molecule has 9 heteroatoms. The Balaban J connectivity index is 1.52. The number of hydrogen-bond acceptors (Lipinski definition) is 5. The first-order chi connectivity index (χ1) is 13.0. The van der Waals surface area contributed by atoms with Crippen LogP contribution in [0.5, 0.6) is 0 Å². The van der Waals surface area contributed by atoms with Crippen molar-refractivity contribution >= 4 is 40.0 Å². The van der Waals surface area contributed by atoms with Crippen LogP contribution in [0.4, 0.5) is 8.78 Å². The molecule has 0 aliphatic rings. The molecule has 0 unspecified atom stereocenters. The van der Waals surface area contributed by atoms with Gasteiger partial charge in [0.15, 0.2) is 5.16 Å². The van der Waals surface area contributed by atoms with Gasteiger partial charge in [-0.15, -0.1) is 11.3 Å². The predicted octanol–water partition coefficient (Wildman–Crippen LogP) is 4.26. The molecule has 0 atom stereocenters. The average molecular weight is 411 g/mol. The van der Waals surface area contributed by atoms with Crippen LogP contribution in [-0.2, 0) is 17.8 Å². The van der Waals surface area contributed by atoms with Crippen LogP contribution >= 0.6 is 23.1 Å². The number of thioether (sulfide) groups is 1. The number of hydrogen-bond donors (Lipinski definition) is 1. The fraction of sp³-hybridized carbons (Fsp3) is 0.389. The van der Waals surface area contributed by atoms with E-state index in [1.807, 2.05) is 12.3 Å². The molecular formula is C18H20F2N4OS2. The lowest BCUT2D eigenvalue weighted by atomic mass is 10.2. The van der Waals surface area contributed by atoms with Gasteiger partial charge in [-0.3, -0.25) is 4.79 Å². The van der Waals surface area contributed by atoms with Crippen LogP contribution in [0.25, 0.3) is 11.0 Å². The molecule has 0 bridgehead atoms. The number of carbonyl (C=O) groups excluding carboxylic acids is 1. The Morgan fingerprint density at radius 1 is 1.30 bits per heavy atom. The second-order valence-corrected chi connectivity index (χ2v) is 7.94. The minimum atomic E-state index is -2.59. The molecule has 1 amide bonds. The number of unbranched alkanes of at least 4 members (excludes halogenated alkanes) is 1. The van der Waals surface area contributed by atoms with E-state index in [1.54, 1.807) is 40.2 Å². The highest BCUT2D eigenvalue weighted by molar-refractivity contribution is 7.99. The van der Waals surface area contributed by atoms with Gasteiger partial charge in [-0.1, -0.05) is 12.1 Å². The van der Waals surface area contributed by atoms with Crippen molar-refractivity contribution in [2.45, 2.75) is 43.6 Å². The monoisotopic (exact) mass is 410 g/mol. The van der Waals surface area contributed by atoms with Crippen LogP contribution in [-0.4, -0.2) is 32.7 Å². The third-order valence-corrected chi connectivity index (χ3v) is 5.65. The number of nitrogens with one attached hydrogen (secondary N) is 1. The topological polar surface area (TPSA) is 59.8 Å². The summed E-state index contributed by atoms with van der Waals surface area (Å²) in [5, 5.41) is 6.15. The number of amides is 1. The summed E-state index contributed by atoms with van der Waals surface area (Å²) in [6.45, 7) is 2.50. The van der Waals surface area contributed by atoms with Crippen molar-refractivity contribution in [1.29, 1.82) is 0 Å². The van der Waals surface area contributed by atoms with E-state index >= 15 is 0 Å². The Morgan fingerprint density at radius 3 is 2.85 bits per heavy atom. The van der Waals surface area contributed by atoms with Crippen molar-refractivity contribution in [3.8, 4) is 0 Å². The highest BCUT2D eigenvalue weighted by Crippen LogP contribution is 2.28. The highest BCUT2D eigenvalue weighted by atomic mass is 32.2. The van der Waals surface area contributed by atoms with E-state index in [1.165, 1.54) is 0 Å². The molecule has 0 spiro atoms. The number of fused-ring (bicyclic) bond motifs is 1. The molecule has 1 N–H and O–H groups in total. The summed E-state index contributed by atoms with van der Waals surface area (Å²) in [4.78, 5) is 20.9. The van der Waals surface area contributed by atoms with Crippen LogP contribution in [0.3, 0.4) is 0 Å². The third-order valence-electron chi connectivity index (χ3n) is 3.92. The molecule has 2 heterocycles. The van der Waals surface area contributed by atoms with Gasteiger partial charge in [0.2, 0.25) is 5.91 Å². The molecule has 0 saturated heterocycles. The maximum Gasteiger partial charge on any atom is 0.291 e. The quantitative estimate of drug-likeness (QED) is 0.423. The fourth-order valence-electron chi connectivity index (χ4n) is 2.72. The standard InChI is InChI=1S/C18H20F2N4OS2/c1-12-11-26-16(22-12)8-4-5-9-21-15(25)10-24-14-7-3-2-6-13(14)23-18(24)27-17(19)20/h2-3,6-7,11,17H,4-5,8-10H2,1H3,(H,21,25). The van der Waals surface area contributed by atoms with Crippen molar-refractivity contribution in [2.75, 3.05) is 6.54 Å². The number of halogens is 2. The second-order valence-electron chi connectivity index (χ2n) is 6.04. The molecule has 144 valence electrons. The highest BCUT2D eigenvalue weighted by Gasteiger charge is 2.17. The molecular weight excluding hydrogens is 390 g/mol. The number of rotatable bonds is 9. The molecule has 3 aromatic rings. The number of benzene rings is 1. The molecule has 1 aromatic carbocycles. The molecule has 5 nitrogen and oxygen atoms in total. The Hall–Kier alpha value is -2.00.